The number of benzene rings is 2. The maximum absolute atomic E-state index is 14.6. The number of amides is 2. The van der Waals surface area contributed by atoms with Crippen LogP contribution in [-0.4, -0.2) is 72.2 Å². The summed E-state index contributed by atoms with van der Waals surface area (Å²) in [6.45, 7) is 3.19. The molecule has 0 saturated carbocycles. The van der Waals surface area contributed by atoms with E-state index in [1.54, 1.807) is 16.4 Å². The monoisotopic (exact) mass is 802 g/mol. The summed E-state index contributed by atoms with van der Waals surface area (Å²) < 4.78 is 54.4. The number of aryl methyl sites for hydroxylation is 1. The van der Waals surface area contributed by atoms with Crippen molar-refractivity contribution in [3.63, 3.8) is 0 Å². The molecular formula is C40H38ClF3N8O5. The van der Waals surface area contributed by atoms with Gasteiger partial charge in [-0.15, -0.1) is 5.10 Å². The van der Waals surface area contributed by atoms with Crippen molar-refractivity contribution in [1.82, 2.24) is 34.0 Å². The van der Waals surface area contributed by atoms with Crippen LogP contribution in [0.3, 0.4) is 0 Å². The Labute approximate surface area is 329 Å². The molecule has 1 N–H and O–H groups in total. The van der Waals surface area contributed by atoms with Gasteiger partial charge < -0.3 is 24.3 Å². The number of hydrogen-bond acceptors (Lipinski definition) is 9. The number of carbonyl (C=O) groups excluding carboxylic acids is 2. The number of anilines is 1. The van der Waals surface area contributed by atoms with Crippen LogP contribution < -0.4 is 15.6 Å². The van der Waals surface area contributed by atoms with Gasteiger partial charge in [-0.2, -0.15) is 22.7 Å². The van der Waals surface area contributed by atoms with Gasteiger partial charge in [0.2, 0.25) is 11.7 Å². The maximum atomic E-state index is 14.6. The largest absolute Gasteiger partial charge is 0.485 e. The summed E-state index contributed by atoms with van der Waals surface area (Å²) in [5.74, 6) is -0.0482. The van der Waals surface area contributed by atoms with Crippen LogP contribution in [0, 0.1) is 6.92 Å². The quantitative estimate of drug-likeness (QED) is 0.194. The molecule has 3 aromatic heterocycles. The Bertz CT molecular complexity index is 2460. The zero-order valence-corrected chi connectivity index (χ0v) is 31.7. The standard InChI is InChI=1S/C40H38ClF3N8O5/c1-24-34(57-22-25-6-3-2-4-7-25)33(46-23-45-24)37(55)50-16-14-39(15-17-50)13-5-8-30-32(39)36(54)52-38(48-35(49-52)26-11-18-56-19-12-26)51(30)21-31(53)47-29-10-9-27(20-28(29)41)40(42,43)44/h2-4,6-7,9-11,20,23H,5,8,12-19,21-22H2,1H3,(H,47,53). The predicted molar refractivity (Wildman–Crippen MR) is 203 cm³/mol. The lowest BCUT2D eigenvalue weighted by atomic mass is 9.66. The molecular weight excluding hydrogens is 765 g/mol. The van der Waals surface area contributed by atoms with E-state index in [1.165, 1.54) is 10.8 Å². The zero-order chi connectivity index (χ0) is 39.9. The molecule has 5 aromatic rings. The molecule has 5 heterocycles. The molecule has 0 bridgehead atoms. The number of halogens is 4. The Morgan fingerprint density at radius 3 is 2.56 bits per heavy atom. The van der Waals surface area contributed by atoms with Gasteiger partial charge in [0.05, 0.1) is 35.2 Å². The number of aromatic nitrogens is 6. The molecule has 296 valence electrons. The lowest BCUT2D eigenvalue weighted by molar-refractivity contribution is -0.137. The summed E-state index contributed by atoms with van der Waals surface area (Å²) in [5, 5.41) is 7.03. The van der Waals surface area contributed by atoms with E-state index in [9.17, 15) is 27.6 Å². The van der Waals surface area contributed by atoms with Crippen LogP contribution in [0.15, 0.2) is 65.7 Å². The summed E-state index contributed by atoms with van der Waals surface area (Å²) in [6.07, 6.45) is 1.93. The van der Waals surface area contributed by atoms with Crippen molar-refractivity contribution < 1.29 is 32.2 Å². The van der Waals surface area contributed by atoms with Crippen LogP contribution in [0.2, 0.25) is 5.02 Å². The fourth-order valence-electron chi connectivity index (χ4n) is 8.07. The van der Waals surface area contributed by atoms with Gasteiger partial charge in [0.15, 0.2) is 17.3 Å². The van der Waals surface area contributed by atoms with Crippen molar-refractivity contribution in [3.05, 3.63) is 116 Å². The molecule has 1 saturated heterocycles. The van der Waals surface area contributed by atoms with Crippen molar-refractivity contribution in [2.75, 3.05) is 31.6 Å². The van der Waals surface area contributed by atoms with E-state index in [4.69, 9.17) is 26.1 Å². The highest BCUT2D eigenvalue weighted by atomic mass is 35.5. The van der Waals surface area contributed by atoms with Crippen molar-refractivity contribution in [2.24, 2.45) is 0 Å². The molecule has 1 spiro atoms. The van der Waals surface area contributed by atoms with E-state index in [-0.39, 0.29) is 46.8 Å². The summed E-state index contributed by atoms with van der Waals surface area (Å²) in [6, 6.07) is 12.3. The first-order chi connectivity index (χ1) is 27.4. The lowest BCUT2D eigenvalue weighted by Gasteiger charge is -2.45. The molecule has 1 fully saturated rings. The minimum absolute atomic E-state index is 0.0103. The molecule has 1 aliphatic carbocycles. The first-order valence-corrected chi connectivity index (χ1v) is 19.0. The van der Waals surface area contributed by atoms with E-state index < -0.39 is 23.1 Å². The molecule has 2 aromatic carbocycles. The SMILES string of the molecule is Cc1ncnc(C(=O)N2CCC3(CCCc4c3c(=O)n3nc(C5=CCOCC5)nc3n4CC(=O)Nc3ccc(C(F)(F)F)cc3Cl)CC2)c1OCc1ccccc1. The van der Waals surface area contributed by atoms with Gasteiger partial charge in [-0.25, -0.2) is 9.97 Å². The van der Waals surface area contributed by atoms with Crippen molar-refractivity contribution >= 4 is 40.5 Å². The minimum Gasteiger partial charge on any atom is -0.485 e. The minimum atomic E-state index is -4.60. The van der Waals surface area contributed by atoms with E-state index >= 15 is 0 Å². The molecule has 17 heteroatoms. The van der Waals surface area contributed by atoms with Crippen LogP contribution >= 0.6 is 11.6 Å². The summed E-state index contributed by atoms with van der Waals surface area (Å²) in [7, 11) is 0. The van der Waals surface area contributed by atoms with E-state index in [0.717, 1.165) is 29.3 Å². The number of likely N-dealkylation sites (tertiary alicyclic amines) is 1. The van der Waals surface area contributed by atoms with Crippen LogP contribution in [0.5, 0.6) is 5.75 Å². The molecule has 2 amide bonds. The second kappa shape index (κ2) is 15.4. The smallest absolute Gasteiger partial charge is 0.416 e. The Morgan fingerprint density at radius 1 is 1.05 bits per heavy atom. The Morgan fingerprint density at radius 2 is 1.84 bits per heavy atom. The number of fused-ring (bicyclic) bond motifs is 3. The number of hydrogen-bond donors (Lipinski definition) is 1. The third-order valence-electron chi connectivity index (χ3n) is 11.0. The topological polar surface area (TPSA) is 146 Å². The Kier molecular flexibility index (Phi) is 10.3. The van der Waals surface area contributed by atoms with E-state index in [1.807, 2.05) is 36.4 Å². The highest BCUT2D eigenvalue weighted by molar-refractivity contribution is 6.33. The van der Waals surface area contributed by atoms with Crippen molar-refractivity contribution in [1.29, 1.82) is 0 Å². The first-order valence-electron chi connectivity index (χ1n) is 18.7. The molecule has 0 radical (unpaired) electrons. The number of carbonyl (C=O) groups is 2. The van der Waals surface area contributed by atoms with E-state index in [0.29, 0.717) is 93.4 Å². The maximum Gasteiger partial charge on any atom is 0.416 e. The summed E-state index contributed by atoms with van der Waals surface area (Å²) in [5.41, 5.74) is 1.70. The van der Waals surface area contributed by atoms with Crippen LogP contribution in [-0.2, 0) is 40.7 Å². The number of nitrogens with zero attached hydrogens (tertiary/aromatic N) is 7. The second-order valence-corrected chi connectivity index (χ2v) is 14.9. The zero-order valence-electron chi connectivity index (χ0n) is 30.9. The van der Waals surface area contributed by atoms with Gasteiger partial charge >= 0.3 is 6.18 Å². The third-order valence-corrected chi connectivity index (χ3v) is 11.3. The fraction of sp³-hybridized carbons (Fsp3) is 0.375. The fourth-order valence-corrected chi connectivity index (χ4v) is 8.30. The number of rotatable bonds is 8. The van der Waals surface area contributed by atoms with Crippen LogP contribution in [0.1, 0.15) is 76.5 Å². The van der Waals surface area contributed by atoms with E-state index in [2.05, 4.69) is 20.4 Å². The average Bonchev–Trinajstić information content (AvgIpc) is 3.66. The average molecular weight is 803 g/mol. The molecule has 0 atom stereocenters. The third kappa shape index (κ3) is 7.50. The van der Waals surface area contributed by atoms with Crippen LogP contribution in [0.25, 0.3) is 11.4 Å². The van der Waals surface area contributed by atoms with Gasteiger partial charge in [-0.3, -0.25) is 14.4 Å². The molecule has 57 heavy (non-hydrogen) atoms. The van der Waals surface area contributed by atoms with Gasteiger partial charge in [0, 0.05) is 29.8 Å². The number of ether oxygens (including phenoxy) is 2. The van der Waals surface area contributed by atoms with Crippen molar-refractivity contribution in [2.45, 2.75) is 70.2 Å². The molecule has 3 aliphatic rings. The van der Waals surface area contributed by atoms with Gasteiger partial charge in [-0.1, -0.05) is 48.0 Å². The number of nitrogens with one attached hydrogen (secondary N) is 1. The Hall–Kier alpha value is -5.61. The van der Waals surface area contributed by atoms with Gasteiger partial charge in [-0.05, 0) is 74.8 Å². The molecule has 2 aliphatic heterocycles. The van der Waals surface area contributed by atoms with Gasteiger partial charge in [0.1, 0.15) is 19.5 Å². The number of alkyl halides is 3. The lowest BCUT2D eigenvalue weighted by Crippen LogP contribution is -2.50. The molecule has 13 nitrogen and oxygen atoms in total. The summed E-state index contributed by atoms with van der Waals surface area (Å²) >= 11 is 6.18. The highest BCUT2D eigenvalue weighted by Gasteiger charge is 2.45. The normalized spacial score (nSPS) is 16.6. The predicted octanol–water partition coefficient (Wildman–Crippen LogP) is 6.19. The molecule has 0 unspecified atom stereocenters. The highest BCUT2D eigenvalue weighted by Crippen LogP contribution is 2.44. The first kappa shape index (κ1) is 38.3. The van der Waals surface area contributed by atoms with Crippen molar-refractivity contribution in [3.8, 4) is 5.75 Å². The molecule has 8 rings (SSSR count). The number of piperidine rings is 1. The van der Waals surface area contributed by atoms with Gasteiger partial charge in [0.25, 0.3) is 11.5 Å². The van der Waals surface area contributed by atoms with Crippen LogP contribution in [0.4, 0.5) is 18.9 Å². The second-order valence-electron chi connectivity index (χ2n) is 14.5. The Balaban J connectivity index is 1.11. The summed E-state index contributed by atoms with van der Waals surface area (Å²) in [4.78, 5) is 57.5.